The molecule has 1 aromatic heterocycles. The Morgan fingerprint density at radius 2 is 1.96 bits per heavy atom. The van der Waals surface area contributed by atoms with Crippen LogP contribution in [0.2, 0.25) is 0 Å². The molecule has 0 spiro atoms. The number of hydrogen-bond acceptors (Lipinski definition) is 6. The van der Waals surface area contributed by atoms with E-state index in [-0.39, 0.29) is 30.3 Å². The average Bonchev–Trinajstić information content (AvgIpc) is 3.07. The van der Waals surface area contributed by atoms with E-state index in [4.69, 9.17) is 15.0 Å². The molecule has 0 aliphatic heterocycles. The van der Waals surface area contributed by atoms with Crippen LogP contribution in [-0.2, 0) is 13.0 Å². The molecule has 7 nitrogen and oxygen atoms in total. The molecular weight excluding hydrogens is 356 g/mol. The van der Waals surface area contributed by atoms with Crippen molar-refractivity contribution in [2.24, 2.45) is 11.1 Å². The number of halogens is 1. The Balaban J connectivity index is 0.00000338. The predicted octanol–water partition coefficient (Wildman–Crippen LogP) is 2.69. The highest BCUT2D eigenvalue weighted by Crippen LogP contribution is 2.18. The van der Waals surface area contributed by atoms with E-state index in [0.717, 1.165) is 0 Å². The second kappa shape index (κ2) is 9.54. The van der Waals surface area contributed by atoms with E-state index in [1.165, 1.54) is 0 Å². The molecule has 144 valence electrons. The molecule has 1 amide bonds. The third kappa shape index (κ3) is 6.00. The molecule has 0 radical (unpaired) electrons. The number of aromatic nitrogens is 2. The summed E-state index contributed by atoms with van der Waals surface area (Å²) in [4.78, 5) is 18.3. The number of carbonyl (C=O) groups is 1. The Hall–Kier alpha value is -2.12. The molecular formula is C18H27ClN4O3. The molecule has 0 saturated heterocycles. The SMILES string of the molecule is CCc1nc(COc2ccc(C(=O)N(C)CC(C)(C)CN)cc2)no1.Cl. The lowest BCUT2D eigenvalue weighted by Gasteiger charge is -2.29. The third-order valence-electron chi connectivity index (χ3n) is 3.85. The Bertz CT molecular complexity index is 701. The molecule has 0 saturated carbocycles. The highest BCUT2D eigenvalue weighted by molar-refractivity contribution is 5.94. The Morgan fingerprint density at radius 3 is 2.50 bits per heavy atom. The topological polar surface area (TPSA) is 94.5 Å². The number of nitrogens with two attached hydrogens (primary N) is 1. The van der Waals surface area contributed by atoms with Crippen LogP contribution in [0.4, 0.5) is 0 Å². The average molecular weight is 383 g/mol. The van der Waals surface area contributed by atoms with Crippen molar-refractivity contribution in [1.82, 2.24) is 15.0 Å². The second-order valence-electron chi connectivity index (χ2n) is 6.80. The van der Waals surface area contributed by atoms with Crippen LogP contribution in [0.25, 0.3) is 0 Å². The van der Waals surface area contributed by atoms with Gasteiger partial charge in [0.2, 0.25) is 11.7 Å². The van der Waals surface area contributed by atoms with Gasteiger partial charge in [0.1, 0.15) is 5.75 Å². The maximum absolute atomic E-state index is 12.5. The predicted molar refractivity (Wildman–Crippen MR) is 101 cm³/mol. The van der Waals surface area contributed by atoms with Crippen LogP contribution in [0.5, 0.6) is 5.75 Å². The van der Waals surface area contributed by atoms with Gasteiger partial charge in [0.15, 0.2) is 6.61 Å². The monoisotopic (exact) mass is 382 g/mol. The van der Waals surface area contributed by atoms with Gasteiger partial charge in [-0.15, -0.1) is 12.4 Å². The first-order valence-corrected chi connectivity index (χ1v) is 8.34. The Kier molecular flexibility index (Phi) is 8.05. The van der Waals surface area contributed by atoms with Gasteiger partial charge in [0, 0.05) is 25.6 Å². The summed E-state index contributed by atoms with van der Waals surface area (Å²) in [6, 6.07) is 7.01. The Labute approximate surface area is 160 Å². The number of carbonyl (C=O) groups excluding carboxylic acids is 1. The zero-order valence-corrected chi connectivity index (χ0v) is 16.5. The van der Waals surface area contributed by atoms with Crippen molar-refractivity contribution in [3.05, 3.63) is 41.5 Å². The summed E-state index contributed by atoms with van der Waals surface area (Å²) in [6.07, 6.45) is 0.693. The molecule has 0 fully saturated rings. The zero-order chi connectivity index (χ0) is 18.4. The van der Waals surface area contributed by atoms with Crippen molar-refractivity contribution in [3.8, 4) is 5.75 Å². The summed E-state index contributed by atoms with van der Waals surface area (Å²) in [5, 5.41) is 3.83. The minimum Gasteiger partial charge on any atom is -0.485 e. The highest BCUT2D eigenvalue weighted by atomic mass is 35.5. The zero-order valence-electron chi connectivity index (χ0n) is 15.7. The summed E-state index contributed by atoms with van der Waals surface area (Å²) in [6.45, 7) is 7.36. The molecule has 1 aromatic carbocycles. The van der Waals surface area contributed by atoms with Gasteiger partial charge in [0.05, 0.1) is 0 Å². The van der Waals surface area contributed by atoms with Gasteiger partial charge >= 0.3 is 0 Å². The van der Waals surface area contributed by atoms with Crippen molar-refractivity contribution in [1.29, 1.82) is 0 Å². The fourth-order valence-electron chi connectivity index (χ4n) is 2.33. The highest BCUT2D eigenvalue weighted by Gasteiger charge is 2.21. The standard InChI is InChI=1S/C18H26N4O3.ClH/c1-5-16-20-15(21-25-16)10-24-14-8-6-13(7-9-14)17(23)22(4)12-18(2,3)11-19;/h6-9H,5,10-12,19H2,1-4H3;1H. The van der Waals surface area contributed by atoms with Crippen molar-refractivity contribution in [3.63, 3.8) is 0 Å². The van der Waals surface area contributed by atoms with E-state index in [1.807, 2.05) is 20.8 Å². The quantitative estimate of drug-likeness (QED) is 0.754. The first-order chi connectivity index (χ1) is 11.8. The lowest BCUT2D eigenvalue weighted by molar-refractivity contribution is 0.0740. The van der Waals surface area contributed by atoms with E-state index in [2.05, 4.69) is 10.1 Å². The van der Waals surface area contributed by atoms with Crippen molar-refractivity contribution in [2.45, 2.75) is 33.8 Å². The maximum atomic E-state index is 12.5. The largest absolute Gasteiger partial charge is 0.485 e. The summed E-state index contributed by atoms with van der Waals surface area (Å²) in [7, 11) is 1.78. The van der Waals surface area contributed by atoms with Gasteiger partial charge in [-0.05, 0) is 36.2 Å². The molecule has 0 aliphatic rings. The van der Waals surface area contributed by atoms with Gasteiger partial charge in [-0.1, -0.05) is 25.9 Å². The lowest BCUT2D eigenvalue weighted by Crippen LogP contribution is -2.39. The molecule has 2 rings (SSSR count). The summed E-state index contributed by atoms with van der Waals surface area (Å²) < 4.78 is 10.6. The lowest BCUT2D eigenvalue weighted by atomic mass is 9.93. The molecule has 0 unspecified atom stereocenters. The number of aryl methyl sites for hydroxylation is 1. The van der Waals surface area contributed by atoms with Gasteiger partial charge in [0.25, 0.3) is 5.91 Å². The molecule has 2 N–H and O–H groups in total. The van der Waals surface area contributed by atoms with Gasteiger partial charge < -0.3 is 19.9 Å². The summed E-state index contributed by atoms with van der Waals surface area (Å²) in [5.41, 5.74) is 6.22. The van der Waals surface area contributed by atoms with Crippen LogP contribution < -0.4 is 10.5 Å². The van der Waals surface area contributed by atoms with E-state index in [1.54, 1.807) is 36.2 Å². The normalized spacial score (nSPS) is 11.0. The minimum atomic E-state index is -0.116. The van der Waals surface area contributed by atoms with E-state index in [9.17, 15) is 4.79 Å². The van der Waals surface area contributed by atoms with Crippen LogP contribution in [0.15, 0.2) is 28.8 Å². The first-order valence-electron chi connectivity index (χ1n) is 8.34. The van der Waals surface area contributed by atoms with E-state index >= 15 is 0 Å². The van der Waals surface area contributed by atoms with Crippen LogP contribution in [0, 0.1) is 5.41 Å². The number of nitrogens with zero attached hydrogens (tertiary/aromatic N) is 3. The molecule has 2 aromatic rings. The van der Waals surface area contributed by atoms with Crippen LogP contribution in [-0.4, -0.2) is 41.1 Å². The van der Waals surface area contributed by atoms with Crippen LogP contribution in [0.1, 0.15) is 42.8 Å². The fourth-order valence-corrected chi connectivity index (χ4v) is 2.33. The van der Waals surface area contributed by atoms with Gasteiger partial charge in [-0.25, -0.2) is 0 Å². The number of benzene rings is 1. The fraction of sp³-hybridized carbons (Fsp3) is 0.500. The van der Waals surface area contributed by atoms with E-state index in [0.29, 0.717) is 42.5 Å². The molecule has 1 heterocycles. The van der Waals surface area contributed by atoms with Crippen LogP contribution >= 0.6 is 12.4 Å². The molecule has 0 bridgehead atoms. The van der Waals surface area contributed by atoms with Gasteiger partial charge in [-0.3, -0.25) is 4.79 Å². The second-order valence-corrected chi connectivity index (χ2v) is 6.80. The smallest absolute Gasteiger partial charge is 0.253 e. The number of ether oxygens (including phenoxy) is 1. The Morgan fingerprint density at radius 1 is 1.31 bits per heavy atom. The first kappa shape index (κ1) is 21.9. The summed E-state index contributed by atoms with van der Waals surface area (Å²) in [5.74, 6) is 1.69. The molecule has 0 atom stereocenters. The minimum absolute atomic E-state index is 0. The van der Waals surface area contributed by atoms with Gasteiger partial charge in [-0.2, -0.15) is 4.98 Å². The number of amides is 1. The van der Waals surface area contributed by atoms with Crippen molar-refractivity contribution < 1.29 is 14.1 Å². The van der Waals surface area contributed by atoms with Crippen molar-refractivity contribution in [2.75, 3.05) is 20.1 Å². The third-order valence-corrected chi connectivity index (χ3v) is 3.85. The number of hydrogen-bond donors (Lipinski definition) is 1. The molecule has 0 aliphatic carbocycles. The summed E-state index contributed by atoms with van der Waals surface area (Å²) >= 11 is 0. The number of rotatable bonds is 8. The van der Waals surface area contributed by atoms with Crippen molar-refractivity contribution >= 4 is 18.3 Å². The van der Waals surface area contributed by atoms with Crippen LogP contribution in [0.3, 0.4) is 0 Å². The van der Waals surface area contributed by atoms with E-state index < -0.39 is 0 Å². The molecule has 8 heteroatoms. The molecule has 26 heavy (non-hydrogen) atoms. The maximum Gasteiger partial charge on any atom is 0.253 e.